The standard InChI is InChI=1S/C20H29N3O2/c1-16(24)23(19-7-3-2-4-8-19)15-20(25)21-17-9-11-18(12-10-17)22-13-5-6-14-22/h9-12,19H,2-8,13-15H2,1H3,(H,21,25). The molecule has 1 aliphatic heterocycles. The number of nitrogens with one attached hydrogen (secondary N) is 1. The third-order valence-electron chi connectivity index (χ3n) is 5.36. The van der Waals surface area contributed by atoms with E-state index in [1.807, 2.05) is 12.1 Å². The highest BCUT2D eigenvalue weighted by Crippen LogP contribution is 2.24. The first-order chi connectivity index (χ1) is 12.1. The van der Waals surface area contributed by atoms with Gasteiger partial charge in [0, 0.05) is 37.4 Å². The highest BCUT2D eigenvalue weighted by atomic mass is 16.2. The van der Waals surface area contributed by atoms with Crippen LogP contribution in [-0.4, -0.2) is 42.4 Å². The summed E-state index contributed by atoms with van der Waals surface area (Å²) in [7, 11) is 0. The van der Waals surface area contributed by atoms with Crippen LogP contribution in [0.4, 0.5) is 11.4 Å². The van der Waals surface area contributed by atoms with Crippen molar-refractivity contribution in [2.45, 2.75) is 57.9 Å². The maximum absolute atomic E-state index is 12.4. The van der Waals surface area contributed by atoms with E-state index in [0.29, 0.717) is 0 Å². The average Bonchev–Trinajstić information content (AvgIpc) is 3.15. The Morgan fingerprint density at radius 3 is 2.28 bits per heavy atom. The van der Waals surface area contributed by atoms with E-state index >= 15 is 0 Å². The second-order valence-electron chi connectivity index (χ2n) is 7.23. The summed E-state index contributed by atoms with van der Waals surface area (Å²) in [5, 5.41) is 2.93. The molecule has 2 amide bonds. The summed E-state index contributed by atoms with van der Waals surface area (Å²) >= 11 is 0. The highest BCUT2D eigenvalue weighted by Gasteiger charge is 2.25. The molecule has 1 heterocycles. The van der Waals surface area contributed by atoms with Crippen LogP contribution in [0.15, 0.2) is 24.3 Å². The molecule has 0 unspecified atom stereocenters. The quantitative estimate of drug-likeness (QED) is 0.891. The van der Waals surface area contributed by atoms with Crippen LogP contribution in [0, 0.1) is 0 Å². The molecule has 0 atom stereocenters. The van der Waals surface area contributed by atoms with Crippen LogP contribution in [0.25, 0.3) is 0 Å². The number of anilines is 2. The van der Waals surface area contributed by atoms with Crippen molar-refractivity contribution in [1.82, 2.24) is 4.90 Å². The van der Waals surface area contributed by atoms with E-state index in [-0.39, 0.29) is 24.4 Å². The first-order valence-corrected chi connectivity index (χ1v) is 9.55. The van der Waals surface area contributed by atoms with Gasteiger partial charge in [-0.3, -0.25) is 9.59 Å². The fraction of sp³-hybridized carbons (Fsp3) is 0.600. The molecule has 1 aromatic rings. The normalized spacial score (nSPS) is 18.2. The summed E-state index contributed by atoms with van der Waals surface area (Å²) in [4.78, 5) is 28.5. The van der Waals surface area contributed by atoms with Crippen LogP contribution in [0.5, 0.6) is 0 Å². The zero-order valence-corrected chi connectivity index (χ0v) is 15.2. The van der Waals surface area contributed by atoms with Gasteiger partial charge in [0.1, 0.15) is 6.54 Å². The number of carbonyl (C=O) groups is 2. The van der Waals surface area contributed by atoms with Crippen molar-refractivity contribution >= 4 is 23.2 Å². The van der Waals surface area contributed by atoms with Gasteiger partial charge in [-0.2, -0.15) is 0 Å². The summed E-state index contributed by atoms with van der Waals surface area (Å²) in [6.45, 7) is 3.93. The topological polar surface area (TPSA) is 52.7 Å². The van der Waals surface area contributed by atoms with Gasteiger partial charge in [0.15, 0.2) is 0 Å². The highest BCUT2D eigenvalue weighted by molar-refractivity contribution is 5.94. The van der Waals surface area contributed by atoms with Gasteiger partial charge >= 0.3 is 0 Å². The molecule has 1 saturated carbocycles. The fourth-order valence-electron chi connectivity index (χ4n) is 3.98. The molecule has 0 bridgehead atoms. The van der Waals surface area contributed by atoms with E-state index in [0.717, 1.165) is 44.5 Å². The number of carbonyl (C=O) groups excluding carboxylic acids is 2. The van der Waals surface area contributed by atoms with Crippen LogP contribution >= 0.6 is 0 Å². The lowest BCUT2D eigenvalue weighted by Gasteiger charge is -2.33. The minimum atomic E-state index is -0.116. The van der Waals surface area contributed by atoms with Gasteiger partial charge < -0.3 is 15.1 Å². The average molecular weight is 343 g/mol. The number of hydrogen-bond donors (Lipinski definition) is 1. The molecule has 1 N–H and O–H groups in total. The second kappa shape index (κ2) is 8.37. The summed E-state index contributed by atoms with van der Waals surface area (Å²) in [5.41, 5.74) is 2.00. The minimum absolute atomic E-state index is 0.00793. The van der Waals surface area contributed by atoms with Crippen LogP contribution in [0.2, 0.25) is 0 Å². The molecule has 0 spiro atoms. The van der Waals surface area contributed by atoms with Gasteiger partial charge in [-0.1, -0.05) is 19.3 Å². The largest absolute Gasteiger partial charge is 0.372 e. The van der Waals surface area contributed by atoms with Gasteiger partial charge in [-0.25, -0.2) is 0 Å². The molecule has 0 aromatic heterocycles. The maximum atomic E-state index is 12.4. The monoisotopic (exact) mass is 343 g/mol. The second-order valence-corrected chi connectivity index (χ2v) is 7.23. The molecule has 136 valence electrons. The smallest absolute Gasteiger partial charge is 0.244 e. The van der Waals surface area contributed by atoms with E-state index in [2.05, 4.69) is 22.3 Å². The zero-order valence-electron chi connectivity index (χ0n) is 15.2. The van der Waals surface area contributed by atoms with Crippen LogP contribution in [-0.2, 0) is 9.59 Å². The molecule has 1 saturated heterocycles. The number of hydrogen-bond acceptors (Lipinski definition) is 3. The minimum Gasteiger partial charge on any atom is -0.372 e. The third kappa shape index (κ3) is 4.74. The molecule has 0 radical (unpaired) electrons. The van der Waals surface area contributed by atoms with Gasteiger partial charge in [0.05, 0.1) is 0 Å². The van der Waals surface area contributed by atoms with E-state index < -0.39 is 0 Å². The van der Waals surface area contributed by atoms with Crippen molar-refractivity contribution in [3.8, 4) is 0 Å². The summed E-state index contributed by atoms with van der Waals surface area (Å²) in [6, 6.07) is 8.24. The third-order valence-corrected chi connectivity index (χ3v) is 5.36. The van der Waals surface area contributed by atoms with Crippen LogP contribution in [0.3, 0.4) is 0 Å². The van der Waals surface area contributed by atoms with Gasteiger partial charge in [0.2, 0.25) is 11.8 Å². The van der Waals surface area contributed by atoms with E-state index in [4.69, 9.17) is 0 Å². The van der Waals surface area contributed by atoms with Crippen molar-refractivity contribution < 1.29 is 9.59 Å². The Balaban J connectivity index is 1.56. The molecule has 2 fully saturated rings. The number of nitrogens with zero attached hydrogens (tertiary/aromatic N) is 2. The fourth-order valence-corrected chi connectivity index (χ4v) is 3.98. The summed E-state index contributed by atoms with van der Waals surface area (Å²) < 4.78 is 0. The number of benzene rings is 1. The predicted molar refractivity (Wildman–Crippen MR) is 101 cm³/mol. The molecule has 5 nitrogen and oxygen atoms in total. The lowest BCUT2D eigenvalue weighted by Crippen LogP contribution is -2.44. The summed E-state index contributed by atoms with van der Waals surface area (Å²) in [5.74, 6) is -0.124. The van der Waals surface area contributed by atoms with Crippen LogP contribution in [0.1, 0.15) is 51.9 Å². The molecule has 25 heavy (non-hydrogen) atoms. The van der Waals surface area contributed by atoms with Crippen molar-refractivity contribution in [3.63, 3.8) is 0 Å². The molecule has 3 rings (SSSR count). The predicted octanol–water partition coefficient (Wildman–Crippen LogP) is 3.41. The SMILES string of the molecule is CC(=O)N(CC(=O)Nc1ccc(N2CCCC2)cc1)C1CCCCC1. The van der Waals surface area contributed by atoms with Crippen LogP contribution < -0.4 is 10.2 Å². The van der Waals surface area contributed by atoms with Crippen molar-refractivity contribution in [3.05, 3.63) is 24.3 Å². The Kier molecular flexibility index (Phi) is 5.95. The summed E-state index contributed by atoms with van der Waals surface area (Å²) in [6.07, 6.45) is 8.05. The molecule has 1 aromatic carbocycles. The van der Waals surface area contributed by atoms with Gasteiger partial charge in [-0.05, 0) is 49.9 Å². The van der Waals surface area contributed by atoms with E-state index in [9.17, 15) is 9.59 Å². The first kappa shape index (κ1) is 17.8. The first-order valence-electron chi connectivity index (χ1n) is 9.55. The molecular formula is C20H29N3O2. The van der Waals surface area contributed by atoms with E-state index in [1.165, 1.54) is 24.9 Å². The lowest BCUT2D eigenvalue weighted by molar-refractivity contribution is -0.135. The molecule has 5 heteroatoms. The van der Waals surface area contributed by atoms with Gasteiger partial charge in [-0.15, -0.1) is 0 Å². The Bertz CT molecular complexity index is 587. The van der Waals surface area contributed by atoms with Gasteiger partial charge in [0.25, 0.3) is 0 Å². The van der Waals surface area contributed by atoms with Crippen molar-refractivity contribution in [2.75, 3.05) is 29.9 Å². The molecule has 1 aliphatic carbocycles. The Morgan fingerprint density at radius 1 is 1.04 bits per heavy atom. The zero-order chi connectivity index (χ0) is 17.6. The Morgan fingerprint density at radius 2 is 1.68 bits per heavy atom. The molecular weight excluding hydrogens is 314 g/mol. The molecule has 2 aliphatic rings. The maximum Gasteiger partial charge on any atom is 0.244 e. The number of rotatable bonds is 5. The van der Waals surface area contributed by atoms with Crippen molar-refractivity contribution in [2.24, 2.45) is 0 Å². The van der Waals surface area contributed by atoms with Crippen molar-refractivity contribution in [1.29, 1.82) is 0 Å². The Hall–Kier alpha value is -2.04. The lowest BCUT2D eigenvalue weighted by atomic mass is 9.94. The number of amides is 2. The Labute approximate surface area is 150 Å². The van der Waals surface area contributed by atoms with E-state index in [1.54, 1.807) is 11.8 Å².